The Morgan fingerprint density at radius 1 is 0.650 bits per heavy atom. The van der Waals surface area contributed by atoms with Gasteiger partial charge in [-0.05, 0) is 16.9 Å². The monoisotopic (exact) mass is 254 g/mol. The van der Waals surface area contributed by atoms with E-state index >= 15 is 0 Å². The summed E-state index contributed by atoms with van der Waals surface area (Å²) < 4.78 is 0. The van der Waals surface area contributed by atoms with Crippen LogP contribution in [0.4, 0.5) is 0 Å². The highest BCUT2D eigenvalue weighted by Crippen LogP contribution is 2.21. The van der Waals surface area contributed by atoms with E-state index in [0.717, 1.165) is 16.7 Å². The molecule has 0 aliphatic carbocycles. The van der Waals surface area contributed by atoms with Crippen molar-refractivity contribution in [2.24, 2.45) is 0 Å². The minimum absolute atomic E-state index is 0.0886. The van der Waals surface area contributed by atoms with Gasteiger partial charge in [-0.1, -0.05) is 66.4 Å². The van der Waals surface area contributed by atoms with Crippen LogP contribution in [-0.4, -0.2) is 0 Å². The summed E-state index contributed by atoms with van der Waals surface area (Å²) in [5.74, 6) is 0. The highest BCUT2D eigenvalue weighted by atomic mass is 14.3. The standard InChI is InChI=1S/C18H10N2/c19-13-15(14-20)11-12-18(16-7-3-1-4-8-16)17-9-5-2-6-10-17/h1-10H. The van der Waals surface area contributed by atoms with Crippen molar-refractivity contribution in [3.05, 3.63) is 88.8 Å². The Hall–Kier alpha value is -3.28. The van der Waals surface area contributed by atoms with Crippen LogP contribution in [0.25, 0.3) is 5.57 Å². The predicted molar refractivity (Wildman–Crippen MR) is 77.2 cm³/mol. The Morgan fingerprint density at radius 2 is 1.10 bits per heavy atom. The van der Waals surface area contributed by atoms with E-state index in [1.165, 1.54) is 0 Å². The average molecular weight is 254 g/mol. The Labute approximate surface area is 117 Å². The molecule has 0 aliphatic rings. The first-order chi connectivity index (χ1) is 9.85. The summed E-state index contributed by atoms with van der Waals surface area (Å²) in [6.07, 6.45) is 0. The first kappa shape index (κ1) is 13.2. The van der Waals surface area contributed by atoms with Gasteiger partial charge >= 0.3 is 0 Å². The van der Waals surface area contributed by atoms with Crippen LogP contribution in [0.15, 0.2) is 77.7 Å². The fourth-order valence-corrected chi connectivity index (χ4v) is 1.73. The molecule has 0 N–H and O–H groups in total. The zero-order chi connectivity index (χ0) is 14.2. The van der Waals surface area contributed by atoms with E-state index < -0.39 is 0 Å². The van der Waals surface area contributed by atoms with Crippen LogP contribution in [0.5, 0.6) is 0 Å². The van der Waals surface area contributed by atoms with Crippen molar-refractivity contribution >= 4 is 5.57 Å². The molecule has 20 heavy (non-hydrogen) atoms. The number of nitriles is 2. The lowest BCUT2D eigenvalue weighted by molar-refractivity contribution is 1.47. The van der Waals surface area contributed by atoms with Gasteiger partial charge in [-0.3, -0.25) is 0 Å². The van der Waals surface area contributed by atoms with Gasteiger partial charge in [0.15, 0.2) is 5.57 Å². The molecule has 0 atom stereocenters. The quantitative estimate of drug-likeness (QED) is 0.603. The van der Waals surface area contributed by atoms with E-state index in [-0.39, 0.29) is 5.57 Å². The number of nitrogens with zero attached hydrogens (tertiary/aromatic N) is 2. The van der Waals surface area contributed by atoms with E-state index in [4.69, 9.17) is 10.5 Å². The second kappa shape index (κ2) is 6.60. The summed E-state index contributed by atoms with van der Waals surface area (Å²) in [6, 6.07) is 23.0. The smallest absolute Gasteiger partial charge is 0.179 e. The van der Waals surface area contributed by atoms with Crippen molar-refractivity contribution in [3.8, 4) is 12.1 Å². The van der Waals surface area contributed by atoms with Gasteiger partial charge in [0.1, 0.15) is 12.1 Å². The molecule has 0 aromatic heterocycles. The molecule has 2 heteroatoms. The number of hydrogen-bond donors (Lipinski definition) is 0. The van der Waals surface area contributed by atoms with Crippen molar-refractivity contribution in [2.75, 3.05) is 0 Å². The average Bonchev–Trinajstić information content (AvgIpc) is 2.53. The van der Waals surface area contributed by atoms with Gasteiger partial charge in [0.2, 0.25) is 0 Å². The molecule has 0 unspecified atom stereocenters. The molecule has 2 nitrogen and oxygen atoms in total. The molecule has 0 fully saturated rings. The fraction of sp³-hybridized carbons (Fsp3) is 0. The van der Waals surface area contributed by atoms with Crippen molar-refractivity contribution in [1.29, 1.82) is 10.5 Å². The molecule has 92 valence electrons. The third-order valence-electron chi connectivity index (χ3n) is 2.66. The third-order valence-corrected chi connectivity index (χ3v) is 2.66. The van der Waals surface area contributed by atoms with Gasteiger partial charge in [0.25, 0.3) is 0 Å². The molecule has 0 aliphatic heterocycles. The third kappa shape index (κ3) is 3.14. The summed E-state index contributed by atoms with van der Waals surface area (Å²) in [5.41, 5.74) is 8.19. The van der Waals surface area contributed by atoms with Crippen molar-refractivity contribution in [1.82, 2.24) is 0 Å². The maximum absolute atomic E-state index is 8.76. The van der Waals surface area contributed by atoms with Crippen LogP contribution in [0, 0.1) is 22.7 Å². The maximum atomic E-state index is 8.76. The highest BCUT2D eigenvalue weighted by molar-refractivity contribution is 5.79. The second-order valence-electron chi connectivity index (χ2n) is 3.96. The minimum atomic E-state index is -0.0886. The molecule has 0 spiro atoms. The summed E-state index contributed by atoms with van der Waals surface area (Å²) in [6.45, 7) is 0. The van der Waals surface area contributed by atoms with Crippen molar-refractivity contribution in [2.45, 2.75) is 0 Å². The zero-order valence-corrected chi connectivity index (χ0v) is 10.7. The largest absolute Gasteiger partial charge is 0.191 e. The Kier molecular flexibility index (Phi) is 4.34. The van der Waals surface area contributed by atoms with E-state index in [9.17, 15) is 0 Å². The molecule has 0 radical (unpaired) electrons. The van der Waals surface area contributed by atoms with Gasteiger partial charge in [0, 0.05) is 5.57 Å². The van der Waals surface area contributed by atoms with Crippen LogP contribution < -0.4 is 0 Å². The van der Waals surface area contributed by atoms with E-state index in [0.29, 0.717) is 0 Å². The Balaban J connectivity index is 2.71. The summed E-state index contributed by atoms with van der Waals surface area (Å²) in [4.78, 5) is 0. The summed E-state index contributed by atoms with van der Waals surface area (Å²) in [7, 11) is 0. The number of hydrogen-bond acceptors (Lipinski definition) is 2. The van der Waals surface area contributed by atoms with Gasteiger partial charge in [-0.25, -0.2) is 0 Å². The molecule has 0 amide bonds. The summed E-state index contributed by atoms with van der Waals surface area (Å²) >= 11 is 0. The SMILES string of the molecule is N#CC(=C=C=C(c1ccccc1)c1ccccc1)C#N. The first-order valence-electron chi connectivity index (χ1n) is 6.02. The predicted octanol–water partition coefficient (Wildman–Crippen LogP) is 3.85. The van der Waals surface area contributed by atoms with Crippen molar-refractivity contribution in [3.63, 3.8) is 0 Å². The molecule has 0 saturated heterocycles. The normalized spacial score (nSPS) is 8.50. The maximum Gasteiger partial charge on any atom is 0.179 e. The molecule has 0 heterocycles. The fourth-order valence-electron chi connectivity index (χ4n) is 1.73. The highest BCUT2D eigenvalue weighted by Gasteiger charge is 2.02. The van der Waals surface area contributed by atoms with Crippen LogP contribution in [0.1, 0.15) is 11.1 Å². The Morgan fingerprint density at radius 3 is 1.50 bits per heavy atom. The molecular formula is C18H10N2. The van der Waals surface area contributed by atoms with E-state index in [1.54, 1.807) is 12.1 Å². The van der Waals surface area contributed by atoms with Crippen LogP contribution in [0.2, 0.25) is 0 Å². The lowest BCUT2D eigenvalue weighted by atomic mass is 9.99. The second-order valence-corrected chi connectivity index (χ2v) is 3.96. The van der Waals surface area contributed by atoms with Gasteiger partial charge in [-0.15, -0.1) is 0 Å². The molecule has 2 aromatic carbocycles. The van der Waals surface area contributed by atoms with Crippen LogP contribution >= 0.6 is 0 Å². The van der Waals surface area contributed by atoms with Crippen LogP contribution in [-0.2, 0) is 0 Å². The number of benzene rings is 2. The molecular weight excluding hydrogens is 244 g/mol. The summed E-state index contributed by atoms with van der Waals surface area (Å²) in [5, 5.41) is 17.5. The van der Waals surface area contributed by atoms with Crippen molar-refractivity contribution < 1.29 is 0 Å². The molecule has 0 bridgehead atoms. The van der Waals surface area contributed by atoms with Gasteiger partial charge < -0.3 is 0 Å². The first-order valence-corrected chi connectivity index (χ1v) is 6.02. The molecule has 2 aromatic rings. The van der Waals surface area contributed by atoms with E-state index in [2.05, 4.69) is 11.5 Å². The lowest BCUT2D eigenvalue weighted by Crippen LogP contribution is -1.85. The minimum Gasteiger partial charge on any atom is -0.191 e. The van der Waals surface area contributed by atoms with E-state index in [1.807, 2.05) is 60.7 Å². The van der Waals surface area contributed by atoms with Crippen LogP contribution in [0.3, 0.4) is 0 Å². The molecule has 0 saturated carbocycles. The van der Waals surface area contributed by atoms with Gasteiger partial charge in [-0.2, -0.15) is 10.5 Å². The molecule has 2 rings (SSSR count). The zero-order valence-electron chi connectivity index (χ0n) is 10.7. The topological polar surface area (TPSA) is 47.6 Å². The number of rotatable bonds is 2. The van der Waals surface area contributed by atoms with Gasteiger partial charge in [0.05, 0.1) is 0 Å². The Bertz CT molecular complexity index is 717. The lowest BCUT2D eigenvalue weighted by Gasteiger charge is -2.04. The number of allylic oxidation sites excluding steroid dienone is 1.